The van der Waals surface area contributed by atoms with Gasteiger partial charge in [-0.05, 0) is 43.2 Å². The Morgan fingerprint density at radius 3 is 1.49 bits per heavy atom. The highest BCUT2D eigenvalue weighted by Gasteiger charge is 2.95. The zero-order valence-electron chi connectivity index (χ0n) is 22.6. The van der Waals surface area contributed by atoms with E-state index in [0.717, 1.165) is 25.8 Å². The molecular formula is C25H20F17NO2. The molecule has 45 heavy (non-hydrogen) atoms. The first-order valence-electron chi connectivity index (χ1n) is 12.0. The van der Waals surface area contributed by atoms with Crippen LogP contribution in [0.1, 0.15) is 26.7 Å². The minimum absolute atomic E-state index is 0.127. The highest BCUT2D eigenvalue weighted by atomic mass is 19.4. The maximum atomic E-state index is 14.3. The van der Waals surface area contributed by atoms with Gasteiger partial charge >= 0.3 is 53.7 Å². The van der Waals surface area contributed by atoms with E-state index in [2.05, 4.69) is 0 Å². The Kier molecular flexibility index (Phi) is 9.48. The third-order valence-electron chi connectivity index (χ3n) is 6.59. The van der Waals surface area contributed by atoms with Crippen molar-refractivity contribution < 1.29 is 84.2 Å². The summed E-state index contributed by atoms with van der Waals surface area (Å²) in [5.74, 6) is -56.9. The third kappa shape index (κ3) is 6.16. The lowest BCUT2D eigenvalue weighted by atomic mass is 9.87. The second kappa shape index (κ2) is 11.2. The lowest BCUT2D eigenvalue weighted by molar-refractivity contribution is -0.462. The van der Waals surface area contributed by atoms with E-state index in [1.54, 1.807) is 30.3 Å². The van der Waals surface area contributed by atoms with Crippen LogP contribution in [0.3, 0.4) is 0 Å². The number of hydrogen-bond acceptors (Lipinski definition) is 2. The van der Waals surface area contributed by atoms with Crippen LogP contribution in [0.2, 0.25) is 0 Å². The van der Waals surface area contributed by atoms with Crippen LogP contribution in [0.15, 0.2) is 42.5 Å². The smallest absolute Gasteiger partial charge is 0.443 e. The van der Waals surface area contributed by atoms with Crippen LogP contribution in [-0.4, -0.2) is 66.4 Å². The van der Waals surface area contributed by atoms with E-state index in [1.807, 2.05) is 0 Å². The number of hydrogen-bond donors (Lipinski definition) is 0. The molecule has 0 aliphatic heterocycles. The molecule has 3 nitrogen and oxygen atoms in total. The zero-order valence-corrected chi connectivity index (χ0v) is 22.6. The fourth-order valence-corrected chi connectivity index (χ4v) is 3.66. The van der Waals surface area contributed by atoms with Crippen molar-refractivity contribution in [2.24, 2.45) is 0 Å². The van der Waals surface area contributed by atoms with Crippen molar-refractivity contribution in [3.63, 3.8) is 0 Å². The minimum atomic E-state index is -8.69. The van der Waals surface area contributed by atoms with E-state index in [1.165, 1.54) is 12.1 Å². The molecule has 0 saturated carbocycles. The molecule has 0 heterocycles. The van der Waals surface area contributed by atoms with Gasteiger partial charge in [0.25, 0.3) is 0 Å². The molecule has 0 spiro atoms. The summed E-state index contributed by atoms with van der Waals surface area (Å²) in [5, 5.41) is 1.31. The average Bonchev–Trinajstić information content (AvgIpc) is 2.89. The van der Waals surface area contributed by atoms with Crippen molar-refractivity contribution >= 4 is 22.6 Å². The van der Waals surface area contributed by atoms with Crippen LogP contribution in [-0.2, 0) is 4.74 Å². The molecule has 0 radical (unpaired) electrons. The van der Waals surface area contributed by atoms with Crippen molar-refractivity contribution in [1.82, 2.24) is 0 Å². The average molecular weight is 689 g/mol. The predicted molar refractivity (Wildman–Crippen MR) is 123 cm³/mol. The van der Waals surface area contributed by atoms with Gasteiger partial charge in [0.2, 0.25) is 0 Å². The number of nitrogens with zero attached hydrogens (tertiary/aromatic N) is 1. The summed E-state index contributed by atoms with van der Waals surface area (Å²) in [6.45, 7) is 1.46. The monoisotopic (exact) mass is 689 g/mol. The second-order valence-electron chi connectivity index (χ2n) is 10.4. The molecule has 0 unspecified atom stereocenters. The Balaban J connectivity index is 2.30. The molecule has 1 amide bonds. The normalized spacial score (nSPS) is 14.9. The molecule has 20 heteroatoms. The number of rotatable bonds is 11. The quantitative estimate of drug-likeness (QED) is 0.220. The number of carbonyl (C=O) groups is 1. The van der Waals surface area contributed by atoms with E-state index in [0.29, 0.717) is 10.8 Å². The van der Waals surface area contributed by atoms with Crippen molar-refractivity contribution in [1.29, 1.82) is 0 Å². The third-order valence-corrected chi connectivity index (χ3v) is 6.59. The topological polar surface area (TPSA) is 29.5 Å². The number of alkyl halides is 17. The Hall–Kier alpha value is -3.22. The Bertz CT molecular complexity index is 1390. The Labute approximate surface area is 241 Å². The molecule has 0 atom stereocenters. The summed E-state index contributed by atoms with van der Waals surface area (Å²) in [6, 6.07) is 11.0. The van der Waals surface area contributed by atoms with Gasteiger partial charge in [-0.25, -0.2) is 4.79 Å². The first-order valence-corrected chi connectivity index (χ1v) is 12.0. The molecule has 0 aromatic heterocycles. The molecule has 0 bridgehead atoms. The summed E-state index contributed by atoms with van der Waals surface area (Å²) in [4.78, 5) is 13.3. The molecule has 2 rings (SSSR count). The first kappa shape index (κ1) is 38.0. The number of fused-ring (bicyclic) bond motifs is 1. The fourth-order valence-electron chi connectivity index (χ4n) is 3.66. The van der Waals surface area contributed by atoms with Gasteiger partial charge in [0.05, 0.1) is 0 Å². The molecule has 256 valence electrons. The summed E-state index contributed by atoms with van der Waals surface area (Å²) in [5.41, 5.74) is -2.22. The van der Waals surface area contributed by atoms with Crippen LogP contribution in [0.5, 0.6) is 0 Å². The molecular weight excluding hydrogens is 669 g/mol. The van der Waals surface area contributed by atoms with Gasteiger partial charge in [0.15, 0.2) is 0 Å². The van der Waals surface area contributed by atoms with Crippen molar-refractivity contribution in [2.45, 2.75) is 79.9 Å². The summed E-state index contributed by atoms with van der Waals surface area (Å²) in [7, 11) is 1.09. The minimum Gasteiger partial charge on any atom is -0.443 e. The van der Waals surface area contributed by atoms with Crippen LogP contribution in [0, 0.1) is 0 Å². The fraction of sp³-hybridized carbons (Fsp3) is 0.560. The van der Waals surface area contributed by atoms with E-state index < -0.39 is 72.2 Å². The van der Waals surface area contributed by atoms with Crippen LogP contribution < -0.4 is 4.90 Å². The SMILES string of the molecule is CN(C(=O)OC(C)(C)CCC(F)(F)C(F)(F)C(F)(F)C(F)(F)C(F)(F)C(F)(F)C(F)(F)C(F)(F)F)c1ccc2ccccc2c1. The van der Waals surface area contributed by atoms with Crippen molar-refractivity contribution in [3.8, 4) is 0 Å². The van der Waals surface area contributed by atoms with Gasteiger partial charge in [-0.2, -0.15) is 74.6 Å². The highest BCUT2D eigenvalue weighted by molar-refractivity contribution is 5.92. The lowest BCUT2D eigenvalue weighted by Crippen LogP contribution is -2.74. The Morgan fingerprint density at radius 1 is 0.600 bits per heavy atom. The lowest BCUT2D eigenvalue weighted by Gasteiger charge is -2.43. The first-order chi connectivity index (χ1) is 19.8. The van der Waals surface area contributed by atoms with Gasteiger partial charge < -0.3 is 4.74 Å². The van der Waals surface area contributed by atoms with E-state index in [-0.39, 0.29) is 5.69 Å². The molecule has 0 N–H and O–H groups in total. The van der Waals surface area contributed by atoms with E-state index in [9.17, 15) is 79.4 Å². The maximum absolute atomic E-state index is 14.3. The van der Waals surface area contributed by atoms with Crippen LogP contribution in [0.4, 0.5) is 85.1 Å². The van der Waals surface area contributed by atoms with Crippen LogP contribution in [0.25, 0.3) is 10.8 Å². The highest BCUT2D eigenvalue weighted by Crippen LogP contribution is 2.64. The van der Waals surface area contributed by atoms with Crippen LogP contribution >= 0.6 is 0 Å². The number of carbonyl (C=O) groups excluding carboxylic acids is 1. The van der Waals surface area contributed by atoms with Gasteiger partial charge in [-0.15, -0.1) is 0 Å². The number of amides is 1. The predicted octanol–water partition coefficient (Wildman–Crippen LogP) is 9.98. The largest absolute Gasteiger partial charge is 0.460 e. The van der Waals surface area contributed by atoms with Crippen molar-refractivity contribution in [2.75, 3.05) is 11.9 Å². The summed E-state index contributed by atoms with van der Waals surface area (Å²) < 4.78 is 234. The number of ether oxygens (including phenoxy) is 1. The standard InChI is InChI=1S/C25H20F17NO2/c1-17(2,45-16(44)43(3)15-9-8-13-6-4-5-7-14(13)12-15)10-11-18(26,27)19(28,29)20(30,31)21(32,33)22(34,35)23(36,37)24(38,39)25(40,41)42/h4-9,12H,10-11H2,1-3H3. The van der Waals surface area contributed by atoms with Gasteiger partial charge in [0, 0.05) is 19.2 Å². The molecule has 0 saturated heterocycles. The number of benzene rings is 2. The Morgan fingerprint density at radius 2 is 1.02 bits per heavy atom. The maximum Gasteiger partial charge on any atom is 0.460 e. The molecule has 0 aliphatic rings. The molecule has 0 fully saturated rings. The van der Waals surface area contributed by atoms with Gasteiger partial charge in [-0.3, -0.25) is 4.90 Å². The van der Waals surface area contributed by atoms with Gasteiger partial charge in [0.1, 0.15) is 5.60 Å². The van der Waals surface area contributed by atoms with E-state index in [4.69, 9.17) is 4.74 Å². The molecule has 2 aromatic carbocycles. The number of anilines is 1. The van der Waals surface area contributed by atoms with Crippen molar-refractivity contribution in [3.05, 3.63) is 42.5 Å². The molecule has 0 aliphatic carbocycles. The second-order valence-corrected chi connectivity index (χ2v) is 10.4. The molecule has 2 aromatic rings. The van der Waals surface area contributed by atoms with E-state index >= 15 is 0 Å². The summed E-state index contributed by atoms with van der Waals surface area (Å²) >= 11 is 0. The number of halogens is 17. The summed E-state index contributed by atoms with van der Waals surface area (Å²) in [6.07, 6.45) is -13.5. The zero-order chi connectivity index (χ0) is 35.5. The van der Waals surface area contributed by atoms with Gasteiger partial charge in [-0.1, -0.05) is 30.3 Å².